The first-order valence-electron chi connectivity index (χ1n) is 12.1. The molecule has 186 valence electrons. The summed E-state index contributed by atoms with van der Waals surface area (Å²) in [7, 11) is 0. The first kappa shape index (κ1) is 23.3. The van der Waals surface area contributed by atoms with E-state index >= 15 is 0 Å². The fourth-order valence-electron chi connectivity index (χ4n) is 4.81. The summed E-state index contributed by atoms with van der Waals surface area (Å²) in [6, 6.07) is 24.1. The van der Waals surface area contributed by atoms with Crippen molar-refractivity contribution in [2.45, 2.75) is 13.0 Å². The van der Waals surface area contributed by atoms with Gasteiger partial charge in [-0.15, -0.1) is 0 Å². The molecule has 0 aliphatic rings. The number of benzene rings is 3. The molecule has 0 aliphatic carbocycles. The molecule has 7 nitrogen and oxygen atoms in total. The number of rotatable bonds is 5. The van der Waals surface area contributed by atoms with Crippen molar-refractivity contribution in [3.63, 3.8) is 0 Å². The number of pyridine rings is 2. The topological polar surface area (TPSA) is 92.7 Å². The molecule has 1 atom stereocenters. The summed E-state index contributed by atoms with van der Waals surface area (Å²) in [6.45, 7) is 1.91. The number of nitrogens with zero attached hydrogens (tertiary/aromatic N) is 3. The van der Waals surface area contributed by atoms with Crippen LogP contribution in [0, 0.1) is 5.82 Å². The van der Waals surface area contributed by atoms with Gasteiger partial charge in [-0.2, -0.15) is 0 Å². The van der Waals surface area contributed by atoms with Gasteiger partial charge in [-0.1, -0.05) is 48.5 Å². The van der Waals surface area contributed by atoms with Crippen LogP contribution in [0.2, 0.25) is 0 Å². The Morgan fingerprint density at radius 1 is 0.895 bits per heavy atom. The molecule has 0 aliphatic heterocycles. The number of fused-ring (bicyclic) bond motifs is 2. The number of aromatic nitrogens is 4. The molecular formula is C30H22FN5O2. The first-order chi connectivity index (χ1) is 18.5. The predicted octanol–water partition coefficient (Wildman–Crippen LogP) is 5.60. The number of para-hydroxylation sites is 1. The molecule has 0 bridgehead atoms. The lowest BCUT2D eigenvalue weighted by molar-refractivity contribution is 0.628. The van der Waals surface area contributed by atoms with Crippen LogP contribution in [0.1, 0.15) is 18.7 Å². The van der Waals surface area contributed by atoms with Gasteiger partial charge in [0.1, 0.15) is 29.0 Å². The van der Waals surface area contributed by atoms with E-state index in [1.807, 2.05) is 61.5 Å². The van der Waals surface area contributed by atoms with Gasteiger partial charge in [0.2, 0.25) is 0 Å². The Kier molecular flexibility index (Phi) is 5.76. The van der Waals surface area contributed by atoms with Gasteiger partial charge in [-0.3, -0.25) is 14.2 Å². The number of aromatic amines is 1. The van der Waals surface area contributed by atoms with Gasteiger partial charge in [0.15, 0.2) is 5.43 Å². The van der Waals surface area contributed by atoms with Crippen LogP contribution in [0.25, 0.3) is 38.6 Å². The minimum atomic E-state index is -0.417. The first-order valence-corrected chi connectivity index (χ1v) is 12.1. The van der Waals surface area contributed by atoms with Gasteiger partial charge in [-0.25, -0.2) is 14.4 Å². The molecule has 6 rings (SSSR count). The number of hydrogen-bond donors (Lipinski definition) is 2. The van der Waals surface area contributed by atoms with Gasteiger partial charge in [0.25, 0.3) is 5.56 Å². The largest absolute Gasteiger partial charge is 0.361 e. The monoisotopic (exact) mass is 503 g/mol. The van der Waals surface area contributed by atoms with E-state index in [2.05, 4.69) is 20.3 Å². The maximum Gasteiger partial charge on any atom is 0.263 e. The highest BCUT2D eigenvalue weighted by atomic mass is 19.1. The van der Waals surface area contributed by atoms with Gasteiger partial charge in [-0.05, 0) is 53.8 Å². The quantitative estimate of drug-likeness (QED) is 0.319. The van der Waals surface area contributed by atoms with E-state index in [1.54, 1.807) is 22.9 Å². The van der Waals surface area contributed by atoms with E-state index in [9.17, 15) is 14.0 Å². The second-order valence-electron chi connectivity index (χ2n) is 8.98. The molecule has 3 heterocycles. The molecule has 8 heteroatoms. The number of nitrogens with one attached hydrogen (secondary N) is 2. The second kappa shape index (κ2) is 9.40. The summed E-state index contributed by atoms with van der Waals surface area (Å²) in [5, 5.41) is 4.95. The zero-order valence-corrected chi connectivity index (χ0v) is 20.4. The average Bonchev–Trinajstić information content (AvgIpc) is 2.93. The van der Waals surface area contributed by atoms with Crippen molar-refractivity contribution in [3.8, 4) is 16.8 Å². The van der Waals surface area contributed by atoms with Crippen LogP contribution in [0.5, 0.6) is 0 Å². The zero-order chi connectivity index (χ0) is 26.2. The second-order valence-corrected chi connectivity index (χ2v) is 8.98. The Hall–Kier alpha value is -5.11. The third-order valence-corrected chi connectivity index (χ3v) is 6.59. The molecule has 0 spiro atoms. The summed E-state index contributed by atoms with van der Waals surface area (Å²) < 4.78 is 15.3. The summed E-state index contributed by atoms with van der Waals surface area (Å²) in [6.07, 6.45) is 2.92. The van der Waals surface area contributed by atoms with E-state index in [4.69, 9.17) is 0 Å². The van der Waals surface area contributed by atoms with Crippen LogP contribution in [0.3, 0.4) is 0 Å². The lowest BCUT2D eigenvalue weighted by Crippen LogP contribution is -2.26. The van der Waals surface area contributed by atoms with Crippen LogP contribution in [0.15, 0.2) is 107 Å². The van der Waals surface area contributed by atoms with Crippen LogP contribution in [-0.2, 0) is 0 Å². The minimum Gasteiger partial charge on any atom is -0.361 e. The minimum absolute atomic E-state index is 0.206. The molecule has 0 amide bonds. The molecule has 0 fully saturated rings. The van der Waals surface area contributed by atoms with E-state index in [0.717, 1.165) is 16.5 Å². The van der Waals surface area contributed by atoms with Gasteiger partial charge in [0.05, 0.1) is 11.4 Å². The summed E-state index contributed by atoms with van der Waals surface area (Å²) in [4.78, 5) is 38.3. The molecule has 0 saturated carbocycles. The predicted molar refractivity (Wildman–Crippen MR) is 147 cm³/mol. The molecule has 3 aromatic heterocycles. The third kappa shape index (κ3) is 4.02. The molecule has 0 saturated heterocycles. The summed E-state index contributed by atoms with van der Waals surface area (Å²) >= 11 is 0. The van der Waals surface area contributed by atoms with Crippen LogP contribution in [0.4, 0.5) is 10.2 Å². The Morgan fingerprint density at radius 3 is 2.47 bits per heavy atom. The standard InChI is InChI=1S/C30H22FN5O2/c1-18(35-29-27-25(37)14-15-32-28(27)33-17-34-29)24-16-20-6-5-9-23(19-10-12-21(31)13-11-19)26(20)30(38)36(24)22-7-3-2-4-8-22/h2-18H,1H3,(H2,32,33,34,35,37)/t18-/m0/s1. The SMILES string of the molecule is C[C@H](Nc1ncnc2[nH]ccc(=O)c12)c1cc2cccc(-c3ccc(F)cc3)c2c(=O)n1-c1ccccc1. The highest BCUT2D eigenvalue weighted by Gasteiger charge is 2.20. The molecular weight excluding hydrogens is 481 g/mol. The van der Waals surface area contributed by atoms with Crippen molar-refractivity contribution in [3.05, 3.63) is 130 Å². The van der Waals surface area contributed by atoms with Crippen molar-refractivity contribution in [1.82, 2.24) is 19.5 Å². The van der Waals surface area contributed by atoms with E-state index in [-0.39, 0.29) is 16.8 Å². The lowest BCUT2D eigenvalue weighted by atomic mass is 9.98. The molecule has 2 N–H and O–H groups in total. The smallest absolute Gasteiger partial charge is 0.263 e. The fourth-order valence-corrected chi connectivity index (χ4v) is 4.81. The van der Waals surface area contributed by atoms with Crippen molar-refractivity contribution in [1.29, 1.82) is 0 Å². The number of H-pyrrole nitrogens is 1. The number of hydrogen-bond acceptors (Lipinski definition) is 5. The van der Waals surface area contributed by atoms with E-state index in [0.29, 0.717) is 33.6 Å². The summed E-state index contributed by atoms with van der Waals surface area (Å²) in [5.74, 6) is 0.0329. The van der Waals surface area contributed by atoms with Crippen molar-refractivity contribution in [2.75, 3.05) is 5.32 Å². The average molecular weight is 504 g/mol. The fraction of sp³-hybridized carbons (Fsp3) is 0.0667. The maximum atomic E-state index is 14.2. The van der Waals surface area contributed by atoms with Crippen LogP contribution < -0.4 is 16.3 Å². The Morgan fingerprint density at radius 2 is 1.68 bits per heavy atom. The maximum absolute atomic E-state index is 14.2. The van der Waals surface area contributed by atoms with Crippen molar-refractivity contribution < 1.29 is 4.39 Å². The van der Waals surface area contributed by atoms with E-state index in [1.165, 1.54) is 24.5 Å². The molecule has 6 aromatic rings. The van der Waals surface area contributed by atoms with Gasteiger partial charge in [0, 0.05) is 23.6 Å². The van der Waals surface area contributed by atoms with Crippen molar-refractivity contribution in [2.24, 2.45) is 0 Å². The third-order valence-electron chi connectivity index (χ3n) is 6.59. The van der Waals surface area contributed by atoms with Crippen LogP contribution in [-0.4, -0.2) is 19.5 Å². The Labute approximate surface area is 216 Å². The highest BCUT2D eigenvalue weighted by Crippen LogP contribution is 2.30. The molecule has 38 heavy (non-hydrogen) atoms. The number of anilines is 1. The van der Waals surface area contributed by atoms with Crippen molar-refractivity contribution >= 4 is 27.6 Å². The Balaban J connectivity index is 1.57. The molecule has 0 radical (unpaired) electrons. The van der Waals surface area contributed by atoms with Crippen LogP contribution >= 0.6 is 0 Å². The summed E-state index contributed by atoms with van der Waals surface area (Å²) in [5.41, 5.74) is 2.85. The molecule has 3 aromatic carbocycles. The normalized spacial score (nSPS) is 12.1. The molecule has 0 unspecified atom stereocenters. The zero-order valence-electron chi connectivity index (χ0n) is 20.4. The van der Waals surface area contributed by atoms with E-state index < -0.39 is 6.04 Å². The number of halogens is 1. The highest BCUT2D eigenvalue weighted by molar-refractivity contribution is 5.96. The van der Waals surface area contributed by atoms with Gasteiger partial charge < -0.3 is 10.3 Å². The Bertz CT molecular complexity index is 1910. The van der Waals surface area contributed by atoms with Gasteiger partial charge >= 0.3 is 0 Å². The lowest BCUT2D eigenvalue weighted by Gasteiger charge is -2.22.